The van der Waals surface area contributed by atoms with E-state index in [9.17, 15) is 19.8 Å². The first-order valence-electron chi connectivity index (χ1n) is 13.7. The van der Waals surface area contributed by atoms with Crippen molar-refractivity contribution in [3.63, 3.8) is 0 Å². The van der Waals surface area contributed by atoms with Crippen LogP contribution in [0.5, 0.6) is 5.75 Å². The summed E-state index contributed by atoms with van der Waals surface area (Å²) in [6, 6.07) is 22.7. The Labute approximate surface area is 233 Å². The maximum Gasteiger partial charge on any atom is 0.269 e. The van der Waals surface area contributed by atoms with Crippen LogP contribution in [-0.2, 0) is 26.5 Å². The number of aliphatic hydroxyl groups is 2. The van der Waals surface area contributed by atoms with E-state index in [0.717, 1.165) is 16.8 Å². The molecule has 40 heavy (non-hydrogen) atoms. The van der Waals surface area contributed by atoms with E-state index in [1.807, 2.05) is 79.7 Å². The van der Waals surface area contributed by atoms with Crippen molar-refractivity contribution in [2.75, 3.05) is 23.0 Å². The van der Waals surface area contributed by atoms with E-state index in [-0.39, 0.29) is 43.4 Å². The highest BCUT2D eigenvalue weighted by Gasteiger charge is 2.65. The lowest BCUT2D eigenvalue weighted by Gasteiger charge is -2.34. The quantitative estimate of drug-likeness (QED) is 0.482. The highest BCUT2D eigenvalue weighted by atomic mass is 16.5. The second kappa shape index (κ2) is 9.73. The van der Waals surface area contributed by atoms with Crippen molar-refractivity contribution in [2.45, 2.75) is 51.0 Å². The minimum absolute atomic E-state index is 0.0473. The molecule has 0 radical (unpaired) electrons. The summed E-state index contributed by atoms with van der Waals surface area (Å²) < 4.78 is 12.2. The third kappa shape index (κ3) is 4.01. The van der Waals surface area contributed by atoms with E-state index in [4.69, 9.17) is 9.47 Å². The van der Waals surface area contributed by atoms with Gasteiger partial charge >= 0.3 is 0 Å². The van der Waals surface area contributed by atoms with Crippen LogP contribution in [0.25, 0.3) is 0 Å². The van der Waals surface area contributed by atoms with Gasteiger partial charge in [0.1, 0.15) is 5.75 Å². The van der Waals surface area contributed by atoms with E-state index < -0.39 is 17.3 Å². The van der Waals surface area contributed by atoms with Crippen LogP contribution in [0.4, 0.5) is 17.1 Å². The Kier molecular flexibility index (Phi) is 6.45. The van der Waals surface area contributed by atoms with Gasteiger partial charge in [-0.25, -0.2) is 0 Å². The number of anilines is 3. The fraction of sp³-hybridized carbons (Fsp3) is 0.375. The first-order valence-corrected chi connectivity index (χ1v) is 13.7. The number of hydrogen-bond donors (Lipinski definition) is 2. The van der Waals surface area contributed by atoms with Crippen molar-refractivity contribution in [3.05, 3.63) is 83.9 Å². The van der Waals surface area contributed by atoms with Gasteiger partial charge in [-0.3, -0.25) is 14.5 Å². The molecule has 4 atom stereocenters. The molecule has 1 saturated heterocycles. The van der Waals surface area contributed by atoms with E-state index in [2.05, 4.69) is 0 Å². The zero-order valence-corrected chi connectivity index (χ0v) is 22.9. The number of ether oxygens (including phenoxy) is 2. The number of aliphatic hydroxyl groups excluding tert-OH is 1. The molecule has 208 valence electrons. The summed E-state index contributed by atoms with van der Waals surface area (Å²) in [6.07, 6.45) is -0.152. The monoisotopic (exact) mass is 542 g/mol. The van der Waals surface area contributed by atoms with Crippen LogP contribution in [0.1, 0.15) is 38.3 Å². The molecule has 1 fully saturated rings. The smallest absolute Gasteiger partial charge is 0.269 e. The van der Waals surface area contributed by atoms with E-state index >= 15 is 0 Å². The summed E-state index contributed by atoms with van der Waals surface area (Å²) in [5.41, 5.74) is 1.39. The third-order valence-corrected chi connectivity index (χ3v) is 8.52. The van der Waals surface area contributed by atoms with Crippen LogP contribution in [0.3, 0.4) is 0 Å². The summed E-state index contributed by atoms with van der Waals surface area (Å²) in [7, 11) is 0. The van der Waals surface area contributed by atoms with Gasteiger partial charge in [0.05, 0.1) is 29.6 Å². The van der Waals surface area contributed by atoms with Crippen molar-refractivity contribution in [3.8, 4) is 5.75 Å². The standard InChI is InChI=1S/C32H34N2O6/c1-20-29(31(2,3)38)27(15-16-35)40-32(20)23-11-4-5-12-24(23)33(30(32)37)18-21-9-8-10-22(17-21)34-25-13-6-7-14-26(25)39-19-28(34)36/h4-14,17,20,27,29,35,38H,15-16,18-19H2,1-3H3/t20-,27+,29-,32+/m0/s1. The number of rotatable bonds is 6. The number of nitrogens with zero attached hydrogens (tertiary/aromatic N) is 2. The molecule has 6 rings (SSSR count). The van der Waals surface area contributed by atoms with Crippen molar-refractivity contribution in [1.29, 1.82) is 0 Å². The Hall–Kier alpha value is -3.72. The fourth-order valence-corrected chi connectivity index (χ4v) is 6.95. The van der Waals surface area contributed by atoms with Crippen LogP contribution in [0.2, 0.25) is 0 Å². The van der Waals surface area contributed by atoms with Crippen molar-refractivity contribution in [2.24, 2.45) is 11.8 Å². The van der Waals surface area contributed by atoms with E-state index in [0.29, 0.717) is 23.5 Å². The Bertz CT molecular complexity index is 1470. The Morgan fingerprint density at radius 3 is 2.48 bits per heavy atom. The minimum atomic E-state index is -1.27. The summed E-state index contributed by atoms with van der Waals surface area (Å²) in [6.45, 7) is 5.56. The molecule has 8 nitrogen and oxygen atoms in total. The zero-order valence-electron chi connectivity index (χ0n) is 22.9. The number of fused-ring (bicyclic) bond motifs is 3. The van der Waals surface area contributed by atoms with Crippen LogP contribution >= 0.6 is 0 Å². The molecule has 3 aromatic carbocycles. The second-order valence-electron chi connectivity index (χ2n) is 11.4. The van der Waals surface area contributed by atoms with Gasteiger partial charge in [0, 0.05) is 29.7 Å². The van der Waals surface area contributed by atoms with Gasteiger partial charge < -0.3 is 24.6 Å². The molecule has 0 aliphatic carbocycles. The highest BCUT2D eigenvalue weighted by Crippen LogP contribution is 2.57. The average Bonchev–Trinajstić information content (AvgIpc) is 3.36. The Morgan fingerprint density at radius 1 is 1.00 bits per heavy atom. The molecule has 2 N–H and O–H groups in total. The highest BCUT2D eigenvalue weighted by molar-refractivity contribution is 6.08. The van der Waals surface area contributed by atoms with E-state index in [1.54, 1.807) is 23.6 Å². The van der Waals surface area contributed by atoms with Crippen LogP contribution < -0.4 is 14.5 Å². The van der Waals surface area contributed by atoms with Gasteiger partial charge in [0.2, 0.25) is 0 Å². The first kappa shape index (κ1) is 26.5. The Balaban J connectivity index is 1.37. The maximum atomic E-state index is 14.4. The summed E-state index contributed by atoms with van der Waals surface area (Å²) in [4.78, 5) is 30.7. The number of carbonyl (C=O) groups excluding carboxylic acids is 2. The number of carbonyl (C=O) groups is 2. The van der Waals surface area contributed by atoms with Crippen molar-refractivity contribution < 1.29 is 29.3 Å². The first-order chi connectivity index (χ1) is 19.2. The molecule has 3 aliphatic heterocycles. The number of hydrogen-bond acceptors (Lipinski definition) is 6. The average molecular weight is 543 g/mol. The fourth-order valence-electron chi connectivity index (χ4n) is 6.95. The molecule has 0 unspecified atom stereocenters. The molecular formula is C32H34N2O6. The summed E-state index contributed by atoms with van der Waals surface area (Å²) in [5, 5.41) is 20.8. The van der Waals surface area contributed by atoms with Gasteiger partial charge in [0.15, 0.2) is 12.2 Å². The zero-order chi connectivity index (χ0) is 28.2. The minimum Gasteiger partial charge on any atom is -0.482 e. The molecule has 3 heterocycles. The summed E-state index contributed by atoms with van der Waals surface area (Å²) in [5.74, 6) is -0.402. The predicted octanol–water partition coefficient (Wildman–Crippen LogP) is 4.29. The topological polar surface area (TPSA) is 99.5 Å². The Morgan fingerprint density at radius 2 is 1.73 bits per heavy atom. The van der Waals surface area contributed by atoms with Crippen LogP contribution in [-0.4, -0.2) is 46.9 Å². The predicted molar refractivity (Wildman–Crippen MR) is 150 cm³/mol. The molecule has 0 aromatic heterocycles. The summed E-state index contributed by atoms with van der Waals surface area (Å²) >= 11 is 0. The second-order valence-corrected chi connectivity index (χ2v) is 11.4. The molecule has 0 bridgehead atoms. The van der Waals surface area contributed by atoms with Gasteiger partial charge in [-0.05, 0) is 56.2 Å². The third-order valence-electron chi connectivity index (χ3n) is 8.52. The van der Waals surface area contributed by atoms with Crippen molar-refractivity contribution in [1.82, 2.24) is 0 Å². The normalized spacial score (nSPS) is 25.8. The number of para-hydroxylation sites is 3. The van der Waals surface area contributed by atoms with Crippen molar-refractivity contribution >= 4 is 28.9 Å². The molecule has 3 aliphatic rings. The lowest BCUT2D eigenvalue weighted by atomic mass is 9.71. The van der Waals surface area contributed by atoms with E-state index in [1.165, 1.54) is 0 Å². The van der Waals surface area contributed by atoms with Crippen LogP contribution in [0, 0.1) is 11.8 Å². The SMILES string of the molecule is C[C@H]1[C@H](C(C)(C)O)[C@@H](CCO)O[C@]12C(=O)N(Cc1cccc(N3C(=O)COc4ccccc43)c1)c1ccccc12. The number of amides is 2. The van der Waals surface area contributed by atoms with Crippen LogP contribution in [0.15, 0.2) is 72.8 Å². The maximum absolute atomic E-state index is 14.4. The van der Waals surface area contributed by atoms with Gasteiger partial charge in [0.25, 0.3) is 11.8 Å². The molecule has 0 saturated carbocycles. The molecule has 3 aromatic rings. The largest absolute Gasteiger partial charge is 0.482 e. The lowest BCUT2D eigenvalue weighted by molar-refractivity contribution is -0.146. The molecule has 8 heteroatoms. The molecular weight excluding hydrogens is 508 g/mol. The van der Waals surface area contributed by atoms with Gasteiger partial charge in [-0.2, -0.15) is 0 Å². The number of benzene rings is 3. The van der Waals surface area contributed by atoms with Gasteiger partial charge in [-0.15, -0.1) is 0 Å². The lowest BCUT2D eigenvalue weighted by Crippen LogP contribution is -2.46. The molecule has 2 amide bonds. The van der Waals surface area contributed by atoms with Gasteiger partial charge in [-0.1, -0.05) is 49.4 Å². The molecule has 1 spiro atoms.